The monoisotopic (exact) mass is 307 g/mol. The predicted octanol–water partition coefficient (Wildman–Crippen LogP) is 3.23. The Morgan fingerprint density at radius 3 is 2.55 bits per heavy atom. The number of fused-ring (bicyclic) bond motifs is 1. The van der Waals surface area contributed by atoms with Crippen LogP contribution in [-0.4, -0.2) is 20.5 Å². The van der Waals surface area contributed by atoms with Gasteiger partial charge in [-0.25, -0.2) is 0 Å². The van der Waals surface area contributed by atoms with Crippen molar-refractivity contribution in [3.63, 3.8) is 0 Å². The molecule has 1 aromatic rings. The van der Waals surface area contributed by atoms with Gasteiger partial charge in [0.1, 0.15) is 0 Å². The van der Waals surface area contributed by atoms with Gasteiger partial charge in [0.25, 0.3) is 0 Å². The minimum Gasteiger partial charge on any atom is -0.262 e. The van der Waals surface area contributed by atoms with E-state index in [0.717, 1.165) is 5.56 Å². The fraction of sp³-hybridized carbons (Fsp3) is 0.538. The van der Waals surface area contributed by atoms with Gasteiger partial charge in [-0.3, -0.25) is 4.31 Å². The minimum absolute atomic E-state index is 0.0959. The standard InChI is InChI=1S/C13H16F3NO2S/c1-3-10-7-11-6-9(2)4-5-12(11)17(8-10)20(18,19)13(14,15)16/h4-6,10H,3,7-8H2,1-2H3. The molecule has 112 valence electrons. The van der Waals surface area contributed by atoms with Crippen molar-refractivity contribution in [3.05, 3.63) is 29.3 Å². The molecule has 1 atom stereocenters. The Labute approximate surface area is 116 Å². The molecule has 7 heteroatoms. The third kappa shape index (κ3) is 2.51. The molecule has 3 nitrogen and oxygen atoms in total. The number of nitrogens with zero attached hydrogens (tertiary/aromatic N) is 1. The lowest BCUT2D eigenvalue weighted by Crippen LogP contribution is -2.46. The van der Waals surface area contributed by atoms with E-state index in [0.29, 0.717) is 22.7 Å². The zero-order valence-electron chi connectivity index (χ0n) is 11.2. The molecule has 1 aliphatic heterocycles. The molecule has 1 aromatic carbocycles. The summed E-state index contributed by atoms with van der Waals surface area (Å²) in [7, 11) is -5.34. The van der Waals surface area contributed by atoms with Crippen LogP contribution in [0.15, 0.2) is 18.2 Å². The number of benzene rings is 1. The number of rotatable bonds is 2. The lowest BCUT2D eigenvalue weighted by Gasteiger charge is -2.35. The van der Waals surface area contributed by atoms with Gasteiger partial charge in [0, 0.05) is 6.54 Å². The van der Waals surface area contributed by atoms with Crippen molar-refractivity contribution in [1.82, 2.24) is 0 Å². The summed E-state index contributed by atoms with van der Waals surface area (Å²) in [6.07, 6.45) is 1.24. The van der Waals surface area contributed by atoms with Gasteiger partial charge in [-0.15, -0.1) is 0 Å². The van der Waals surface area contributed by atoms with Gasteiger partial charge in [-0.05, 0) is 30.9 Å². The maximum Gasteiger partial charge on any atom is 0.516 e. The summed E-state index contributed by atoms with van der Waals surface area (Å²) in [5.41, 5.74) is -3.55. The van der Waals surface area contributed by atoms with Crippen LogP contribution in [0.3, 0.4) is 0 Å². The van der Waals surface area contributed by atoms with Gasteiger partial charge in [0.05, 0.1) is 5.69 Å². The topological polar surface area (TPSA) is 37.4 Å². The first-order valence-electron chi connectivity index (χ1n) is 6.35. The molecule has 1 heterocycles. The average Bonchev–Trinajstić information content (AvgIpc) is 2.35. The minimum atomic E-state index is -5.34. The van der Waals surface area contributed by atoms with Crippen molar-refractivity contribution in [2.45, 2.75) is 32.2 Å². The van der Waals surface area contributed by atoms with Crippen LogP contribution in [0.2, 0.25) is 0 Å². The number of hydrogen-bond acceptors (Lipinski definition) is 2. The Bertz CT molecular complexity index is 611. The maximum absolute atomic E-state index is 12.8. The van der Waals surface area contributed by atoms with E-state index in [2.05, 4.69) is 0 Å². The van der Waals surface area contributed by atoms with Crippen molar-refractivity contribution in [2.24, 2.45) is 5.92 Å². The van der Waals surface area contributed by atoms with Crippen LogP contribution in [0.4, 0.5) is 18.9 Å². The van der Waals surface area contributed by atoms with Crippen LogP contribution in [0.1, 0.15) is 24.5 Å². The molecule has 20 heavy (non-hydrogen) atoms. The van der Waals surface area contributed by atoms with Crippen LogP contribution in [0, 0.1) is 12.8 Å². The largest absolute Gasteiger partial charge is 0.516 e. The predicted molar refractivity (Wildman–Crippen MR) is 71.0 cm³/mol. The van der Waals surface area contributed by atoms with Gasteiger partial charge in [-0.1, -0.05) is 31.0 Å². The lowest BCUT2D eigenvalue weighted by molar-refractivity contribution is -0.0439. The third-order valence-corrected chi connectivity index (χ3v) is 5.11. The van der Waals surface area contributed by atoms with E-state index in [1.807, 2.05) is 13.8 Å². The van der Waals surface area contributed by atoms with Gasteiger partial charge < -0.3 is 0 Å². The van der Waals surface area contributed by atoms with Crippen LogP contribution in [-0.2, 0) is 16.4 Å². The lowest BCUT2D eigenvalue weighted by atomic mass is 9.91. The van der Waals surface area contributed by atoms with Crippen LogP contribution >= 0.6 is 0 Å². The molecule has 0 aliphatic carbocycles. The van der Waals surface area contributed by atoms with Crippen molar-refractivity contribution < 1.29 is 21.6 Å². The summed E-state index contributed by atoms with van der Waals surface area (Å²) in [6, 6.07) is 4.85. The first-order valence-corrected chi connectivity index (χ1v) is 7.79. The van der Waals surface area contributed by atoms with E-state index in [4.69, 9.17) is 0 Å². The van der Waals surface area contributed by atoms with E-state index in [-0.39, 0.29) is 18.2 Å². The van der Waals surface area contributed by atoms with Crippen LogP contribution < -0.4 is 4.31 Å². The smallest absolute Gasteiger partial charge is 0.262 e. The summed E-state index contributed by atoms with van der Waals surface area (Å²) in [4.78, 5) is 0. The number of sulfonamides is 1. The average molecular weight is 307 g/mol. The summed E-state index contributed by atoms with van der Waals surface area (Å²) in [5, 5.41) is 0. The fourth-order valence-electron chi connectivity index (χ4n) is 2.46. The zero-order valence-corrected chi connectivity index (χ0v) is 12.1. The maximum atomic E-state index is 12.8. The van der Waals surface area contributed by atoms with E-state index >= 15 is 0 Å². The highest BCUT2D eigenvalue weighted by Gasteiger charge is 2.51. The van der Waals surface area contributed by atoms with Gasteiger partial charge in [0.2, 0.25) is 0 Å². The molecule has 0 bridgehead atoms. The quantitative estimate of drug-likeness (QED) is 0.841. The molecule has 0 amide bonds. The van der Waals surface area contributed by atoms with Crippen molar-refractivity contribution in [3.8, 4) is 0 Å². The first kappa shape index (κ1) is 15.2. The van der Waals surface area contributed by atoms with Gasteiger partial charge in [0.15, 0.2) is 0 Å². The third-order valence-electron chi connectivity index (χ3n) is 3.60. The zero-order chi connectivity index (χ0) is 15.1. The molecule has 2 rings (SSSR count). The van der Waals surface area contributed by atoms with Gasteiger partial charge in [-0.2, -0.15) is 21.6 Å². The molecule has 0 radical (unpaired) electrons. The highest BCUT2D eigenvalue weighted by Crippen LogP contribution is 2.38. The first-order chi connectivity index (χ1) is 9.16. The number of hydrogen-bond donors (Lipinski definition) is 0. The summed E-state index contributed by atoms with van der Waals surface area (Å²) >= 11 is 0. The second-order valence-corrected chi connectivity index (χ2v) is 6.95. The summed E-state index contributed by atoms with van der Waals surface area (Å²) < 4.78 is 62.3. The molecule has 0 N–H and O–H groups in total. The Morgan fingerprint density at radius 1 is 1.35 bits per heavy atom. The van der Waals surface area contributed by atoms with Crippen molar-refractivity contribution >= 4 is 15.7 Å². The Morgan fingerprint density at radius 2 is 2.00 bits per heavy atom. The Balaban J connectivity index is 2.55. The second-order valence-electron chi connectivity index (χ2n) is 5.09. The SMILES string of the molecule is CCC1Cc2cc(C)ccc2N(S(=O)(=O)C(F)(F)F)C1. The van der Waals surface area contributed by atoms with Gasteiger partial charge >= 0.3 is 15.5 Å². The number of alkyl halides is 3. The van der Waals surface area contributed by atoms with Crippen molar-refractivity contribution in [1.29, 1.82) is 0 Å². The highest BCUT2D eigenvalue weighted by atomic mass is 32.2. The Hall–Kier alpha value is -1.24. The van der Waals surface area contributed by atoms with E-state index in [1.54, 1.807) is 12.1 Å². The molecule has 1 unspecified atom stereocenters. The van der Waals surface area contributed by atoms with E-state index in [9.17, 15) is 21.6 Å². The molecule has 0 spiro atoms. The molecule has 1 aliphatic rings. The number of anilines is 1. The van der Waals surface area contributed by atoms with Crippen LogP contribution in [0.25, 0.3) is 0 Å². The van der Waals surface area contributed by atoms with E-state index in [1.165, 1.54) is 6.07 Å². The highest BCUT2D eigenvalue weighted by molar-refractivity contribution is 7.93. The summed E-state index contributed by atoms with van der Waals surface area (Å²) in [5.74, 6) is -0.0959. The molecular formula is C13H16F3NO2S. The second kappa shape index (κ2) is 4.95. The Kier molecular flexibility index (Phi) is 3.75. The molecule has 0 saturated heterocycles. The summed E-state index contributed by atoms with van der Waals surface area (Å²) in [6.45, 7) is 3.57. The van der Waals surface area contributed by atoms with E-state index < -0.39 is 15.5 Å². The van der Waals surface area contributed by atoms with Crippen LogP contribution in [0.5, 0.6) is 0 Å². The molecule has 0 saturated carbocycles. The molecular weight excluding hydrogens is 291 g/mol. The fourth-order valence-corrected chi connectivity index (χ4v) is 3.55. The number of aryl methyl sites for hydroxylation is 1. The molecule has 0 aromatic heterocycles. The number of halogens is 3. The normalized spacial score (nSPS) is 19.9. The molecule has 0 fully saturated rings. The van der Waals surface area contributed by atoms with Crippen molar-refractivity contribution in [2.75, 3.05) is 10.8 Å².